The van der Waals surface area contributed by atoms with Gasteiger partial charge < -0.3 is 15.3 Å². The summed E-state index contributed by atoms with van der Waals surface area (Å²) in [6.07, 6.45) is 1.62. The average molecular weight is 244 g/mol. The minimum absolute atomic E-state index is 0.0584. The van der Waals surface area contributed by atoms with Gasteiger partial charge in [-0.2, -0.15) is 0 Å². The van der Waals surface area contributed by atoms with Crippen LogP contribution in [0.5, 0.6) is 0 Å². The summed E-state index contributed by atoms with van der Waals surface area (Å²) >= 11 is 0. The Morgan fingerprint density at radius 2 is 1.82 bits per heavy atom. The quantitative estimate of drug-likeness (QED) is 0.680. The van der Waals surface area contributed by atoms with Crippen LogP contribution in [0.25, 0.3) is 0 Å². The van der Waals surface area contributed by atoms with E-state index in [1.54, 1.807) is 7.05 Å². The molecule has 0 rings (SSSR count). The second-order valence-corrected chi connectivity index (χ2v) is 4.52. The molecule has 0 saturated carbocycles. The Balaban J connectivity index is 4.18. The number of aliphatic hydroxyl groups excluding tert-OH is 1. The Hall–Kier alpha value is -1.10. The molecule has 2 amide bonds. The van der Waals surface area contributed by atoms with Gasteiger partial charge in [0.1, 0.15) is 0 Å². The fourth-order valence-corrected chi connectivity index (χ4v) is 1.45. The molecule has 0 spiro atoms. The first-order valence-corrected chi connectivity index (χ1v) is 6.00. The number of hydrogen-bond donors (Lipinski definition) is 2. The number of likely N-dealkylation sites (N-methyl/N-ethyl adjacent to an activating group) is 1. The van der Waals surface area contributed by atoms with Crippen LogP contribution < -0.4 is 5.32 Å². The van der Waals surface area contributed by atoms with Crippen molar-refractivity contribution in [3.63, 3.8) is 0 Å². The van der Waals surface area contributed by atoms with Gasteiger partial charge in [0.05, 0.1) is 13.2 Å². The largest absolute Gasteiger partial charge is 0.396 e. The van der Waals surface area contributed by atoms with Crippen molar-refractivity contribution in [3.8, 4) is 0 Å². The molecule has 0 atom stereocenters. The number of nitrogens with one attached hydrogen (secondary N) is 1. The molecule has 0 aliphatic heterocycles. The summed E-state index contributed by atoms with van der Waals surface area (Å²) < 4.78 is 0. The number of nitrogens with zero attached hydrogens (tertiary/aromatic N) is 1. The highest BCUT2D eigenvalue weighted by molar-refractivity contribution is 5.83. The first kappa shape index (κ1) is 15.9. The maximum Gasteiger partial charge on any atom is 0.239 e. The number of hydrogen-bond acceptors (Lipinski definition) is 3. The van der Waals surface area contributed by atoms with E-state index >= 15 is 0 Å². The van der Waals surface area contributed by atoms with Crippen molar-refractivity contribution < 1.29 is 14.7 Å². The second kappa shape index (κ2) is 7.27. The van der Waals surface area contributed by atoms with Crippen molar-refractivity contribution in [1.82, 2.24) is 10.2 Å². The molecule has 0 heterocycles. The van der Waals surface area contributed by atoms with Crippen molar-refractivity contribution in [1.29, 1.82) is 0 Å². The number of carbonyl (C=O) groups excluding carboxylic acids is 2. The third-order valence-electron chi connectivity index (χ3n) is 3.41. The predicted molar refractivity (Wildman–Crippen MR) is 66.4 cm³/mol. The van der Waals surface area contributed by atoms with Gasteiger partial charge in [-0.15, -0.1) is 0 Å². The summed E-state index contributed by atoms with van der Waals surface area (Å²) in [5, 5.41) is 12.1. The van der Waals surface area contributed by atoms with Crippen LogP contribution in [-0.2, 0) is 9.59 Å². The van der Waals surface area contributed by atoms with Crippen LogP contribution in [0, 0.1) is 5.41 Å². The lowest BCUT2D eigenvalue weighted by Gasteiger charge is -2.29. The lowest BCUT2D eigenvalue weighted by Crippen LogP contribution is -2.43. The molecule has 2 N–H and O–H groups in total. The van der Waals surface area contributed by atoms with Gasteiger partial charge in [-0.05, 0) is 12.8 Å². The molecule has 0 aromatic heterocycles. The van der Waals surface area contributed by atoms with Crippen LogP contribution in [0.4, 0.5) is 0 Å². The molecular formula is C12H24N2O3. The van der Waals surface area contributed by atoms with Gasteiger partial charge in [0.2, 0.25) is 11.8 Å². The highest BCUT2D eigenvalue weighted by Gasteiger charge is 2.25. The topological polar surface area (TPSA) is 69.6 Å². The number of aliphatic hydroxyl groups is 1. The summed E-state index contributed by atoms with van der Waals surface area (Å²) in [5.41, 5.74) is -0.246. The van der Waals surface area contributed by atoms with Crippen LogP contribution in [0.1, 0.15) is 33.6 Å². The van der Waals surface area contributed by atoms with Crippen LogP contribution in [-0.4, -0.2) is 48.6 Å². The molecule has 0 aromatic carbocycles. The van der Waals surface area contributed by atoms with Crippen molar-refractivity contribution >= 4 is 11.8 Å². The number of rotatable bonds is 7. The molecule has 0 aromatic rings. The van der Waals surface area contributed by atoms with E-state index in [2.05, 4.69) is 5.32 Å². The minimum atomic E-state index is -0.246. The van der Waals surface area contributed by atoms with Crippen LogP contribution in [0.3, 0.4) is 0 Å². The molecule has 0 aliphatic carbocycles. The molecular weight excluding hydrogens is 220 g/mol. The summed E-state index contributed by atoms with van der Waals surface area (Å²) in [7, 11) is 1.58. The van der Waals surface area contributed by atoms with Gasteiger partial charge in [0, 0.05) is 25.9 Å². The molecule has 0 aliphatic rings. The van der Waals surface area contributed by atoms with E-state index in [0.29, 0.717) is 6.54 Å². The molecule has 0 unspecified atom stereocenters. The molecule has 0 bridgehead atoms. The van der Waals surface area contributed by atoms with Gasteiger partial charge in [0.25, 0.3) is 0 Å². The van der Waals surface area contributed by atoms with Crippen LogP contribution >= 0.6 is 0 Å². The summed E-state index contributed by atoms with van der Waals surface area (Å²) in [6.45, 7) is 5.97. The van der Waals surface area contributed by atoms with Gasteiger partial charge in [-0.25, -0.2) is 0 Å². The normalized spacial score (nSPS) is 11.1. The van der Waals surface area contributed by atoms with E-state index in [1.807, 2.05) is 13.8 Å². The number of carbonyl (C=O) groups is 2. The van der Waals surface area contributed by atoms with E-state index in [-0.39, 0.29) is 30.4 Å². The number of amides is 2. The van der Waals surface area contributed by atoms with E-state index in [0.717, 1.165) is 12.8 Å². The molecule has 0 fully saturated rings. The summed E-state index contributed by atoms with van der Waals surface area (Å²) in [4.78, 5) is 23.9. The summed E-state index contributed by atoms with van der Waals surface area (Å²) in [5.74, 6) is -0.332. The van der Waals surface area contributed by atoms with Gasteiger partial charge in [-0.1, -0.05) is 13.8 Å². The molecule has 100 valence electrons. The molecule has 17 heavy (non-hydrogen) atoms. The van der Waals surface area contributed by atoms with Crippen molar-refractivity contribution in [2.75, 3.05) is 26.7 Å². The fraction of sp³-hybridized carbons (Fsp3) is 0.833. The average Bonchev–Trinajstić information content (AvgIpc) is 2.31. The van der Waals surface area contributed by atoms with E-state index in [1.165, 1.54) is 11.8 Å². The zero-order chi connectivity index (χ0) is 13.5. The second-order valence-electron chi connectivity index (χ2n) is 4.52. The van der Waals surface area contributed by atoms with Gasteiger partial charge >= 0.3 is 0 Å². The smallest absolute Gasteiger partial charge is 0.239 e. The summed E-state index contributed by atoms with van der Waals surface area (Å²) in [6, 6.07) is 0. The van der Waals surface area contributed by atoms with E-state index in [9.17, 15) is 14.7 Å². The maximum absolute atomic E-state index is 11.6. The Morgan fingerprint density at radius 1 is 1.29 bits per heavy atom. The minimum Gasteiger partial charge on any atom is -0.396 e. The first-order chi connectivity index (χ1) is 7.90. The van der Waals surface area contributed by atoms with E-state index < -0.39 is 0 Å². The van der Waals surface area contributed by atoms with E-state index in [4.69, 9.17) is 0 Å². The maximum atomic E-state index is 11.6. The first-order valence-electron chi connectivity index (χ1n) is 6.00. The third kappa shape index (κ3) is 5.17. The molecule has 0 radical (unpaired) electrons. The zero-order valence-corrected chi connectivity index (χ0v) is 11.2. The highest BCUT2D eigenvalue weighted by Crippen LogP contribution is 2.24. The van der Waals surface area contributed by atoms with Gasteiger partial charge in [-0.3, -0.25) is 9.59 Å². The van der Waals surface area contributed by atoms with Crippen LogP contribution in [0.15, 0.2) is 0 Å². The van der Waals surface area contributed by atoms with Gasteiger partial charge in [0.15, 0.2) is 0 Å². The third-order valence-corrected chi connectivity index (χ3v) is 3.41. The van der Waals surface area contributed by atoms with Crippen molar-refractivity contribution in [3.05, 3.63) is 0 Å². The Kier molecular flexibility index (Phi) is 6.80. The zero-order valence-electron chi connectivity index (χ0n) is 11.2. The fourth-order valence-electron chi connectivity index (χ4n) is 1.45. The molecule has 5 nitrogen and oxygen atoms in total. The predicted octanol–water partition coefficient (Wildman–Crippen LogP) is 0.380. The SMILES string of the molecule is CCC(CC)(CO)CNC(=O)CN(C)C(C)=O. The lowest BCUT2D eigenvalue weighted by molar-refractivity contribution is -0.133. The highest BCUT2D eigenvalue weighted by atomic mass is 16.3. The Labute approximate surface area is 103 Å². The lowest BCUT2D eigenvalue weighted by atomic mass is 9.83. The Morgan fingerprint density at radius 3 is 2.18 bits per heavy atom. The van der Waals surface area contributed by atoms with Crippen molar-refractivity contribution in [2.24, 2.45) is 5.41 Å². The monoisotopic (exact) mass is 244 g/mol. The Bertz CT molecular complexity index is 254. The molecule has 0 saturated heterocycles. The molecule has 5 heteroatoms. The van der Waals surface area contributed by atoms with Crippen molar-refractivity contribution in [2.45, 2.75) is 33.6 Å². The standard InChI is InChI=1S/C12H24N2O3/c1-5-12(6-2,9-15)8-13-11(17)7-14(4)10(3)16/h15H,5-9H2,1-4H3,(H,13,17). The van der Waals surface area contributed by atoms with Crippen LogP contribution in [0.2, 0.25) is 0 Å².